The van der Waals surface area contributed by atoms with Crippen LogP contribution in [0.1, 0.15) is 12.8 Å². The normalized spacial score (nSPS) is 14.2. The van der Waals surface area contributed by atoms with E-state index in [-0.39, 0.29) is 11.8 Å². The van der Waals surface area contributed by atoms with E-state index in [4.69, 9.17) is 4.74 Å². The maximum absolute atomic E-state index is 12.4. The zero-order valence-corrected chi connectivity index (χ0v) is 16.8. The van der Waals surface area contributed by atoms with Crippen molar-refractivity contribution < 1.29 is 9.53 Å². The minimum atomic E-state index is 0.0635. The van der Waals surface area contributed by atoms with Gasteiger partial charge in [0.15, 0.2) is 0 Å². The molecular formula is C22H24N6O2. The minimum Gasteiger partial charge on any atom is -0.438 e. The van der Waals surface area contributed by atoms with Crippen LogP contribution in [0.5, 0.6) is 11.6 Å². The summed E-state index contributed by atoms with van der Waals surface area (Å²) >= 11 is 0. The topological polar surface area (TPSA) is 101 Å². The van der Waals surface area contributed by atoms with E-state index in [2.05, 4.69) is 30.9 Å². The monoisotopic (exact) mass is 404 g/mol. The largest absolute Gasteiger partial charge is 0.438 e. The number of hydrogen-bond donors (Lipinski definition) is 3. The van der Waals surface area contributed by atoms with E-state index in [0.717, 1.165) is 37.2 Å². The summed E-state index contributed by atoms with van der Waals surface area (Å²) in [6.45, 7) is 1.78. The van der Waals surface area contributed by atoms with Gasteiger partial charge in [-0.25, -0.2) is 15.0 Å². The van der Waals surface area contributed by atoms with Gasteiger partial charge < -0.3 is 20.7 Å². The first kappa shape index (κ1) is 19.8. The number of ether oxygens (including phenoxy) is 1. The van der Waals surface area contributed by atoms with Crippen molar-refractivity contribution in [2.24, 2.45) is 5.92 Å². The van der Waals surface area contributed by atoms with Gasteiger partial charge in [0.1, 0.15) is 5.75 Å². The molecule has 0 bridgehead atoms. The first-order valence-electron chi connectivity index (χ1n) is 9.98. The predicted molar refractivity (Wildman–Crippen MR) is 116 cm³/mol. The summed E-state index contributed by atoms with van der Waals surface area (Å²) in [5.41, 5.74) is 2.23. The van der Waals surface area contributed by atoms with Crippen LogP contribution in [0.3, 0.4) is 0 Å². The molecule has 3 aromatic rings. The van der Waals surface area contributed by atoms with Gasteiger partial charge in [-0.2, -0.15) is 0 Å². The van der Waals surface area contributed by atoms with Crippen LogP contribution in [0, 0.1) is 5.92 Å². The van der Waals surface area contributed by atoms with Gasteiger partial charge >= 0.3 is 0 Å². The van der Waals surface area contributed by atoms with E-state index in [1.165, 1.54) is 0 Å². The quantitative estimate of drug-likeness (QED) is 0.579. The highest BCUT2D eigenvalue weighted by Crippen LogP contribution is 2.31. The number of carbonyl (C=O) groups excluding carboxylic acids is 1. The number of anilines is 2. The zero-order valence-electron chi connectivity index (χ0n) is 16.8. The lowest BCUT2D eigenvalue weighted by atomic mass is 9.97. The number of aromatic nitrogens is 3. The molecule has 3 heterocycles. The zero-order chi connectivity index (χ0) is 20.8. The Morgan fingerprint density at radius 1 is 1.07 bits per heavy atom. The lowest BCUT2D eigenvalue weighted by Crippen LogP contribution is -2.34. The highest BCUT2D eigenvalue weighted by molar-refractivity contribution is 5.92. The van der Waals surface area contributed by atoms with Crippen LogP contribution >= 0.6 is 0 Å². The average Bonchev–Trinajstić information content (AvgIpc) is 2.81. The molecule has 1 saturated heterocycles. The minimum absolute atomic E-state index is 0.0635. The number of amides is 1. The van der Waals surface area contributed by atoms with Crippen LogP contribution in [-0.2, 0) is 4.79 Å². The molecule has 0 spiro atoms. The molecule has 8 nitrogen and oxygen atoms in total. The highest BCUT2D eigenvalue weighted by Gasteiger charge is 2.20. The van der Waals surface area contributed by atoms with Gasteiger partial charge in [-0.05, 0) is 68.4 Å². The molecular weight excluding hydrogens is 380 g/mol. The summed E-state index contributed by atoms with van der Waals surface area (Å²) in [4.78, 5) is 25.4. The van der Waals surface area contributed by atoms with Gasteiger partial charge in [-0.15, -0.1) is 0 Å². The number of rotatable bonds is 6. The molecule has 0 atom stereocenters. The number of nitrogens with one attached hydrogen (secondary N) is 3. The predicted octanol–water partition coefficient (Wildman–Crippen LogP) is 3.31. The number of pyridine rings is 1. The number of hydrogen-bond acceptors (Lipinski definition) is 7. The molecule has 1 fully saturated rings. The lowest BCUT2D eigenvalue weighted by molar-refractivity contribution is -0.120. The molecule has 1 aromatic carbocycles. The summed E-state index contributed by atoms with van der Waals surface area (Å²) in [7, 11) is 1.77. The van der Waals surface area contributed by atoms with Crippen molar-refractivity contribution in [1.82, 2.24) is 20.3 Å². The number of carbonyl (C=O) groups is 1. The van der Waals surface area contributed by atoms with Crippen LogP contribution in [0.2, 0.25) is 0 Å². The second-order valence-corrected chi connectivity index (χ2v) is 7.01. The van der Waals surface area contributed by atoms with E-state index in [0.29, 0.717) is 23.3 Å². The number of benzene rings is 1. The van der Waals surface area contributed by atoms with Gasteiger partial charge in [-0.1, -0.05) is 0 Å². The van der Waals surface area contributed by atoms with Crippen LogP contribution < -0.4 is 20.7 Å². The van der Waals surface area contributed by atoms with Gasteiger partial charge in [0.05, 0.1) is 11.3 Å². The summed E-state index contributed by atoms with van der Waals surface area (Å²) in [5.74, 6) is 1.73. The van der Waals surface area contributed by atoms with Gasteiger partial charge in [0.25, 0.3) is 0 Å². The molecule has 1 aliphatic rings. The maximum Gasteiger partial charge on any atom is 0.228 e. The number of nitrogens with zero attached hydrogens (tertiary/aromatic N) is 3. The third-order valence-electron chi connectivity index (χ3n) is 4.97. The highest BCUT2D eigenvalue weighted by atomic mass is 16.5. The fraction of sp³-hybridized carbons (Fsp3) is 0.273. The second-order valence-electron chi connectivity index (χ2n) is 7.01. The Kier molecular flexibility index (Phi) is 6.14. The van der Waals surface area contributed by atoms with Crippen LogP contribution in [0.4, 0.5) is 11.6 Å². The SMILES string of the molecule is CNc1nccc(-c2cccnc2Oc2ccc(NC(=O)C3CCNCC3)cc2)n1. The second kappa shape index (κ2) is 9.32. The molecule has 8 heteroatoms. The van der Waals surface area contributed by atoms with Crippen molar-refractivity contribution in [2.75, 3.05) is 30.8 Å². The lowest BCUT2D eigenvalue weighted by Gasteiger charge is -2.21. The molecule has 30 heavy (non-hydrogen) atoms. The standard InChI is InChI=1S/C22H24N6O2/c1-23-22-26-14-10-19(28-22)18-3-2-11-25-21(18)30-17-6-4-16(5-7-17)27-20(29)15-8-12-24-13-9-15/h2-7,10-11,14-15,24H,8-9,12-13H2,1H3,(H,27,29)(H,23,26,28). The molecule has 0 saturated carbocycles. The summed E-state index contributed by atoms with van der Waals surface area (Å²) in [5, 5.41) is 9.19. The van der Waals surface area contributed by atoms with Gasteiger partial charge in [0, 0.05) is 31.0 Å². The summed E-state index contributed by atoms with van der Waals surface area (Å²) < 4.78 is 6.00. The van der Waals surface area contributed by atoms with Crippen molar-refractivity contribution in [3.8, 4) is 22.9 Å². The van der Waals surface area contributed by atoms with E-state index >= 15 is 0 Å². The molecule has 154 valence electrons. The van der Waals surface area contributed by atoms with Crippen molar-refractivity contribution in [3.05, 3.63) is 54.9 Å². The van der Waals surface area contributed by atoms with Crippen molar-refractivity contribution in [1.29, 1.82) is 0 Å². The third kappa shape index (κ3) is 4.72. The third-order valence-corrected chi connectivity index (χ3v) is 4.97. The fourth-order valence-electron chi connectivity index (χ4n) is 3.34. The molecule has 1 amide bonds. The van der Waals surface area contributed by atoms with Crippen LogP contribution in [0.25, 0.3) is 11.3 Å². The first-order chi connectivity index (χ1) is 14.7. The molecule has 1 aliphatic heterocycles. The smallest absolute Gasteiger partial charge is 0.228 e. The molecule has 0 unspecified atom stereocenters. The van der Waals surface area contributed by atoms with Crippen LogP contribution in [-0.4, -0.2) is 41.0 Å². The Morgan fingerprint density at radius 3 is 2.63 bits per heavy atom. The van der Waals surface area contributed by atoms with Crippen LogP contribution in [0.15, 0.2) is 54.9 Å². The first-order valence-corrected chi connectivity index (χ1v) is 9.98. The fourth-order valence-corrected chi connectivity index (χ4v) is 3.34. The Hall–Kier alpha value is -3.52. The molecule has 4 rings (SSSR count). The van der Waals surface area contributed by atoms with E-state index in [1.807, 2.05) is 42.5 Å². The van der Waals surface area contributed by atoms with Crippen molar-refractivity contribution >= 4 is 17.5 Å². The Balaban J connectivity index is 1.47. The van der Waals surface area contributed by atoms with Crippen molar-refractivity contribution in [3.63, 3.8) is 0 Å². The average molecular weight is 404 g/mol. The van der Waals surface area contributed by atoms with E-state index in [1.54, 1.807) is 19.4 Å². The summed E-state index contributed by atoms with van der Waals surface area (Å²) in [6, 6.07) is 12.8. The van der Waals surface area contributed by atoms with E-state index in [9.17, 15) is 4.79 Å². The number of piperidine rings is 1. The van der Waals surface area contributed by atoms with Gasteiger partial charge in [0.2, 0.25) is 17.7 Å². The van der Waals surface area contributed by atoms with E-state index < -0.39 is 0 Å². The van der Waals surface area contributed by atoms with Crippen molar-refractivity contribution in [2.45, 2.75) is 12.8 Å². The molecule has 3 N–H and O–H groups in total. The Labute approximate surface area is 175 Å². The molecule has 2 aromatic heterocycles. The maximum atomic E-state index is 12.4. The Morgan fingerprint density at radius 2 is 1.87 bits per heavy atom. The molecule has 0 aliphatic carbocycles. The van der Waals surface area contributed by atoms with Gasteiger partial charge in [-0.3, -0.25) is 4.79 Å². The molecule has 0 radical (unpaired) electrons. The summed E-state index contributed by atoms with van der Waals surface area (Å²) in [6.07, 6.45) is 5.10. The Bertz CT molecular complexity index is 1000.